The van der Waals surface area contributed by atoms with E-state index in [1.54, 1.807) is 6.92 Å². The number of sulfonamides is 1. The fourth-order valence-electron chi connectivity index (χ4n) is 2.06. The summed E-state index contributed by atoms with van der Waals surface area (Å²) < 4.78 is 27.1. The molecule has 1 aromatic heterocycles. The number of aromatic amines is 1. The lowest BCUT2D eigenvalue weighted by Gasteiger charge is -2.15. The van der Waals surface area contributed by atoms with Gasteiger partial charge in [0.15, 0.2) is 4.21 Å². The molecule has 2 rings (SSSR count). The minimum Gasteiger partial charge on any atom is -0.317 e. The highest BCUT2D eigenvalue weighted by Crippen LogP contribution is 2.17. The van der Waals surface area contributed by atoms with Crippen molar-refractivity contribution in [2.24, 2.45) is 0 Å². The molecule has 0 aromatic carbocycles. The van der Waals surface area contributed by atoms with Gasteiger partial charge < -0.3 is 10.3 Å². The van der Waals surface area contributed by atoms with E-state index in [-0.39, 0.29) is 15.1 Å². The van der Waals surface area contributed by atoms with Crippen LogP contribution in [0.3, 0.4) is 0 Å². The lowest BCUT2D eigenvalue weighted by atomic mass is 10.1. The Labute approximate surface area is 110 Å². The second kappa shape index (κ2) is 5.52. The molecule has 1 aliphatic rings. The standard InChI is InChI=1S/C10H17N3O3S2/c1-7-9(17-10(14)12-7)18(15,16)13-8-3-2-5-11-6-4-8/h8,11,13H,2-6H2,1H3,(H,12,14). The van der Waals surface area contributed by atoms with Crippen LogP contribution in [-0.2, 0) is 10.0 Å². The van der Waals surface area contributed by atoms with Gasteiger partial charge in [-0.05, 0) is 39.3 Å². The molecule has 0 spiro atoms. The SMILES string of the molecule is Cc1[nH]c(=O)sc1S(=O)(=O)NC1CCCNCC1. The molecule has 0 amide bonds. The number of aromatic nitrogens is 1. The van der Waals surface area contributed by atoms with Crippen molar-refractivity contribution in [2.45, 2.75) is 36.4 Å². The summed E-state index contributed by atoms with van der Waals surface area (Å²) in [5.41, 5.74) is 0.407. The second-order valence-electron chi connectivity index (χ2n) is 4.43. The van der Waals surface area contributed by atoms with Crippen molar-refractivity contribution in [3.05, 3.63) is 15.4 Å². The summed E-state index contributed by atoms with van der Waals surface area (Å²) in [6.07, 6.45) is 2.55. The average Bonchev–Trinajstić information content (AvgIpc) is 2.51. The summed E-state index contributed by atoms with van der Waals surface area (Å²) in [5.74, 6) is 0. The zero-order valence-corrected chi connectivity index (χ0v) is 11.8. The Morgan fingerprint density at radius 3 is 2.78 bits per heavy atom. The van der Waals surface area contributed by atoms with Gasteiger partial charge in [0.2, 0.25) is 0 Å². The lowest BCUT2D eigenvalue weighted by Crippen LogP contribution is -2.35. The van der Waals surface area contributed by atoms with Crippen molar-refractivity contribution in [3.63, 3.8) is 0 Å². The third kappa shape index (κ3) is 3.19. The van der Waals surface area contributed by atoms with Crippen LogP contribution in [0.1, 0.15) is 25.0 Å². The van der Waals surface area contributed by atoms with Gasteiger partial charge in [-0.2, -0.15) is 0 Å². The van der Waals surface area contributed by atoms with Gasteiger partial charge in [0, 0.05) is 11.7 Å². The fourth-order valence-corrected chi connectivity index (χ4v) is 4.68. The van der Waals surface area contributed by atoms with Gasteiger partial charge >= 0.3 is 4.87 Å². The highest BCUT2D eigenvalue weighted by Gasteiger charge is 2.24. The number of hydrogen-bond acceptors (Lipinski definition) is 5. The molecule has 8 heteroatoms. The van der Waals surface area contributed by atoms with Crippen molar-refractivity contribution in [3.8, 4) is 0 Å². The number of rotatable bonds is 3. The predicted molar refractivity (Wildman–Crippen MR) is 70.5 cm³/mol. The molecule has 1 atom stereocenters. The van der Waals surface area contributed by atoms with E-state index >= 15 is 0 Å². The maximum atomic E-state index is 12.2. The van der Waals surface area contributed by atoms with E-state index in [4.69, 9.17) is 0 Å². The Morgan fingerprint density at radius 2 is 2.11 bits per heavy atom. The van der Waals surface area contributed by atoms with E-state index in [1.807, 2.05) is 0 Å². The van der Waals surface area contributed by atoms with E-state index in [0.29, 0.717) is 5.69 Å². The van der Waals surface area contributed by atoms with E-state index < -0.39 is 10.0 Å². The lowest BCUT2D eigenvalue weighted by molar-refractivity contribution is 0.519. The molecule has 1 aliphatic heterocycles. The van der Waals surface area contributed by atoms with E-state index in [2.05, 4.69) is 15.0 Å². The molecule has 1 saturated heterocycles. The molecular weight excluding hydrogens is 274 g/mol. The topological polar surface area (TPSA) is 91.1 Å². The van der Waals surface area contributed by atoms with Crippen LogP contribution in [0.15, 0.2) is 9.00 Å². The van der Waals surface area contributed by atoms with Crippen LogP contribution in [-0.4, -0.2) is 32.5 Å². The van der Waals surface area contributed by atoms with E-state index in [0.717, 1.165) is 43.7 Å². The monoisotopic (exact) mass is 291 g/mol. The maximum absolute atomic E-state index is 12.2. The molecule has 6 nitrogen and oxygen atoms in total. The third-order valence-electron chi connectivity index (χ3n) is 2.92. The summed E-state index contributed by atoms with van der Waals surface area (Å²) in [6.45, 7) is 3.34. The molecule has 0 saturated carbocycles. The molecule has 1 aromatic rings. The molecule has 1 unspecified atom stereocenters. The largest absolute Gasteiger partial charge is 0.317 e. The zero-order chi connectivity index (χ0) is 13.2. The molecule has 0 aliphatic carbocycles. The Balaban J connectivity index is 2.16. The Morgan fingerprint density at radius 1 is 1.33 bits per heavy atom. The second-order valence-corrected chi connectivity index (χ2v) is 7.32. The molecule has 102 valence electrons. The number of nitrogens with one attached hydrogen (secondary N) is 3. The van der Waals surface area contributed by atoms with Crippen molar-refractivity contribution in [1.82, 2.24) is 15.0 Å². The van der Waals surface area contributed by atoms with Gasteiger partial charge in [-0.1, -0.05) is 11.3 Å². The Hall–Kier alpha value is -0.700. The van der Waals surface area contributed by atoms with Gasteiger partial charge in [-0.15, -0.1) is 0 Å². The van der Waals surface area contributed by atoms with Crippen LogP contribution < -0.4 is 14.9 Å². The van der Waals surface area contributed by atoms with Crippen molar-refractivity contribution >= 4 is 21.4 Å². The molecule has 3 N–H and O–H groups in total. The first-order valence-electron chi connectivity index (χ1n) is 5.92. The summed E-state index contributed by atoms with van der Waals surface area (Å²) in [5, 5.41) is 3.23. The van der Waals surface area contributed by atoms with Gasteiger partial charge in [0.05, 0.1) is 0 Å². The number of thiazole rings is 1. The maximum Gasteiger partial charge on any atom is 0.305 e. The van der Waals surface area contributed by atoms with E-state index in [9.17, 15) is 13.2 Å². The first kappa shape index (κ1) is 13.7. The van der Waals surface area contributed by atoms with Crippen LogP contribution in [0.5, 0.6) is 0 Å². The summed E-state index contributed by atoms with van der Waals surface area (Å²) in [6, 6.07) is -0.0541. The quantitative estimate of drug-likeness (QED) is 0.740. The zero-order valence-electron chi connectivity index (χ0n) is 10.2. The molecule has 18 heavy (non-hydrogen) atoms. The molecular formula is C10H17N3O3S2. The first-order valence-corrected chi connectivity index (χ1v) is 8.22. The smallest absolute Gasteiger partial charge is 0.305 e. The van der Waals surface area contributed by atoms with Gasteiger partial charge in [0.1, 0.15) is 0 Å². The highest BCUT2D eigenvalue weighted by molar-refractivity contribution is 7.91. The van der Waals surface area contributed by atoms with Gasteiger partial charge in [-0.25, -0.2) is 13.1 Å². The summed E-state index contributed by atoms with van der Waals surface area (Å²) in [7, 11) is -3.58. The van der Waals surface area contributed by atoms with Crippen molar-refractivity contribution < 1.29 is 8.42 Å². The average molecular weight is 291 g/mol. The predicted octanol–water partition coefficient (Wildman–Crippen LogP) is 0.165. The number of aryl methyl sites for hydroxylation is 1. The molecule has 0 radical (unpaired) electrons. The molecule has 2 heterocycles. The van der Waals surface area contributed by atoms with Crippen molar-refractivity contribution in [2.75, 3.05) is 13.1 Å². The Kier molecular flexibility index (Phi) is 4.21. The number of H-pyrrole nitrogens is 1. The fraction of sp³-hybridized carbons (Fsp3) is 0.700. The minimum atomic E-state index is -3.58. The van der Waals surface area contributed by atoms with Crippen molar-refractivity contribution in [1.29, 1.82) is 0 Å². The minimum absolute atomic E-state index is 0.0541. The van der Waals surface area contributed by atoms with Crippen LogP contribution >= 0.6 is 11.3 Å². The van der Waals surface area contributed by atoms with Gasteiger partial charge in [0.25, 0.3) is 10.0 Å². The normalized spacial score (nSPS) is 21.7. The highest BCUT2D eigenvalue weighted by atomic mass is 32.2. The van der Waals surface area contributed by atoms with Crippen LogP contribution in [0.4, 0.5) is 0 Å². The number of hydrogen-bond donors (Lipinski definition) is 3. The van der Waals surface area contributed by atoms with Crippen LogP contribution in [0.2, 0.25) is 0 Å². The summed E-state index contributed by atoms with van der Waals surface area (Å²) in [4.78, 5) is 13.3. The van der Waals surface area contributed by atoms with Crippen LogP contribution in [0.25, 0.3) is 0 Å². The first-order chi connectivity index (χ1) is 8.49. The van der Waals surface area contributed by atoms with E-state index in [1.165, 1.54) is 0 Å². The summed E-state index contributed by atoms with van der Waals surface area (Å²) >= 11 is 0.738. The molecule has 1 fully saturated rings. The van der Waals surface area contributed by atoms with Gasteiger partial charge in [-0.3, -0.25) is 4.79 Å². The Bertz CT molecular complexity index is 553. The third-order valence-corrected chi connectivity index (χ3v) is 6.05. The molecule has 0 bridgehead atoms. The van der Waals surface area contributed by atoms with Crippen LogP contribution in [0, 0.1) is 6.92 Å².